The molecule has 7 nitrogen and oxygen atoms in total. The van der Waals surface area contributed by atoms with Crippen molar-refractivity contribution in [1.29, 1.82) is 0 Å². The van der Waals surface area contributed by atoms with E-state index >= 15 is 0 Å². The molecular weight excluding hydrogens is 330 g/mol. The van der Waals surface area contributed by atoms with Gasteiger partial charge in [-0.25, -0.2) is 4.98 Å². The molecule has 0 saturated carbocycles. The Morgan fingerprint density at radius 2 is 2.00 bits per heavy atom. The Hall–Kier alpha value is -1.99. The number of morpholine rings is 1. The topological polar surface area (TPSA) is 67.5 Å². The van der Waals surface area contributed by atoms with Crippen molar-refractivity contribution < 1.29 is 9.26 Å². The van der Waals surface area contributed by atoms with E-state index in [9.17, 15) is 0 Å². The molecule has 1 aliphatic rings. The molecule has 0 aromatic carbocycles. The quantitative estimate of drug-likeness (QED) is 0.785. The second-order valence-corrected chi connectivity index (χ2v) is 7.45. The molecule has 0 radical (unpaired) electrons. The van der Waals surface area contributed by atoms with E-state index in [4.69, 9.17) is 9.26 Å². The zero-order valence-electron chi connectivity index (χ0n) is 16.3. The van der Waals surface area contributed by atoms with Gasteiger partial charge in [0.2, 0.25) is 0 Å². The van der Waals surface area contributed by atoms with E-state index in [1.54, 1.807) is 6.20 Å². The lowest BCUT2D eigenvalue weighted by atomic mass is 10.2. The number of pyridine rings is 1. The molecule has 26 heavy (non-hydrogen) atoms. The highest BCUT2D eigenvalue weighted by Crippen LogP contribution is 2.23. The van der Waals surface area contributed by atoms with Crippen molar-refractivity contribution in [2.75, 3.05) is 38.1 Å². The Kier molecular flexibility index (Phi) is 5.88. The average molecular weight is 359 g/mol. The van der Waals surface area contributed by atoms with Crippen molar-refractivity contribution in [3.63, 3.8) is 0 Å². The number of likely N-dealkylation sites (N-methyl/N-ethyl adjacent to an activating group) is 1. The first-order chi connectivity index (χ1) is 12.4. The zero-order chi connectivity index (χ0) is 18.7. The SMILES string of the molecule is CC(C)c1noc(-c2ccnc(N(C)CCN3C[C@@H](C)O[C@@H](C)C3)c2)n1. The van der Waals surface area contributed by atoms with Crippen molar-refractivity contribution in [1.82, 2.24) is 20.0 Å². The maximum absolute atomic E-state index is 5.80. The van der Waals surface area contributed by atoms with Crippen LogP contribution in [-0.4, -0.2) is 65.5 Å². The summed E-state index contributed by atoms with van der Waals surface area (Å²) in [4.78, 5) is 13.6. The summed E-state index contributed by atoms with van der Waals surface area (Å²) in [5.41, 5.74) is 0.898. The Morgan fingerprint density at radius 3 is 2.65 bits per heavy atom. The highest BCUT2D eigenvalue weighted by Gasteiger charge is 2.22. The molecule has 2 aromatic rings. The highest BCUT2D eigenvalue weighted by molar-refractivity contribution is 5.58. The molecule has 0 unspecified atom stereocenters. The molecule has 2 atom stereocenters. The van der Waals surface area contributed by atoms with Crippen LogP contribution in [0.25, 0.3) is 11.5 Å². The fraction of sp³-hybridized carbons (Fsp3) is 0.632. The van der Waals surface area contributed by atoms with Crippen LogP contribution in [0.1, 0.15) is 39.4 Å². The molecule has 0 spiro atoms. The van der Waals surface area contributed by atoms with E-state index in [1.807, 2.05) is 26.0 Å². The normalized spacial score (nSPS) is 21.3. The predicted octanol–water partition coefficient (Wildman–Crippen LogP) is 2.80. The predicted molar refractivity (Wildman–Crippen MR) is 101 cm³/mol. The van der Waals surface area contributed by atoms with Crippen molar-refractivity contribution in [3.8, 4) is 11.5 Å². The Morgan fingerprint density at radius 1 is 1.27 bits per heavy atom. The minimum Gasteiger partial charge on any atom is -0.373 e. The van der Waals surface area contributed by atoms with Gasteiger partial charge in [-0.3, -0.25) is 4.90 Å². The van der Waals surface area contributed by atoms with E-state index in [0.29, 0.717) is 5.89 Å². The monoisotopic (exact) mass is 359 g/mol. The lowest BCUT2D eigenvalue weighted by Gasteiger charge is -2.36. The standard InChI is InChI=1S/C19H29N5O2/c1-13(2)18-21-19(26-22-18)16-6-7-20-17(10-16)23(5)8-9-24-11-14(3)25-15(4)12-24/h6-7,10,13-15H,8-9,11-12H2,1-5H3/t14-,15+. The van der Waals surface area contributed by atoms with Gasteiger partial charge in [0.1, 0.15) is 5.82 Å². The van der Waals surface area contributed by atoms with E-state index in [-0.39, 0.29) is 18.1 Å². The van der Waals surface area contributed by atoms with Crippen LogP contribution in [0.15, 0.2) is 22.9 Å². The summed E-state index contributed by atoms with van der Waals surface area (Å²) >= 11 is 0. The number of ether oxygens (including phenoxy) is 1. The van der Waals surface area contributed by atoms with E-state index in [1.165, 1.54) is 0 Å². The molecule has 142 valence electrons. The molecule has 1 saturated heterocycles. The van der Waals surface area contributed by atoms with Crippen molar-refractivity contribution in [2.45, 2.75) is 45.8 Å². The number of hydrogen-bond acceptors (Lipinski definition) is 7. The van der Waals surface area contributed by atoms with Crippen molar-refractivity contribution >= 4 is 5.82 Å². The zero-order valence-corrected chi connectivity index (χ0v) is 16.3. The summed E-state index contributed by atoms with van der Waals surface area (Å²) in [7, 11) is 2.06. The molecule has 0 bridgehead atoms. The van der Waals surface area contributed by atoms with Gasteiger partial charge in [0.15, 0.2) is 5.82 Å². The minimum absolute atomic E-state index is 0.245. The molecule has 3 heterocycles. The molecule has 0 N–H and O–H groups in total. The Bertz CT molecular complexity index is 707. The fourth-order valence-electron chi connectivity index (χ4n) is 3.22. The fourth-order valence-corrected chi connectivity index (χ4v) is 3.22. The van der Waals surface area contributed by atoms with Gasteiger partial charge in [-0.05, 0) is 26.0 Å². The van der Waals surface area contributed by atoms with Gasteiger partial charge in [-0.1, -0.05) is 19.0 Å². The first kappa shape index (κ1) is 18.8. The highest BCUT2D eigenvalue weighted by atomic mass is 16.5. The second kappa shape index (κ2) is 8.14. The van der Waals surface area contributed by atoms with Crippen LogP contribution in [-0.2, 0) is 4.74 Å². The van der Waals surface area contributed by atoms with Crippen LogP contribution in [0, 0.1) is 0 Å². The largest absolute Gasteiger partial charge is 0.373 e. The van der Waals surface area contributed by atoms with E-state index < -0.39 is 0 Å². The maximum atomic E-state index is 5.80. The van der Waals surface area contributed by atoms with Crippen molar-refractivity contribution in [2.24, 2.45) is 0 Å². The van der Waals surface area contributed by atoms with Crippen LogP contribution in [0.5, 0.6) is 0 Å². The summed E-state index contributed by atoms with van der Waals surface area (Å²) in [6, 6.07) is 3.91. The molecule has 0 aliphatic carbocycles. The maximum Gasteiger partial charge on any atom is 0.258 e. The van der Waals surface area contributed by atoms with Crippen LogP contribution in [0.2, 0.25) is 0 Å². The van der Waals surface area contributed by atoms with Crippen molar-refractivity contribution in [3.05, 3.63) is 24.2 Å². The molecule has 1 fully saturated rings. The first-order valence-electron chi connectivity index (χ1n) is 9.31. The first-order valence-corrected chi connectivity index (χ1v) is 9.31. The van der Waals surface area contributed by atoms with Gasteiger partial charge in [0.05, 0.1) is 12.2 Å². The summed E-state index contributed by atoms with van der Waals surface area (Å²) < 4.78 is 11.2. The van der Waals surface area contributed by atoms with Gasteiger partial charge >= 0.3 is 0 Å². The number of rotatable bonds is 6. The summed E-state index contributed by atoms with van der Waals surface area (Å²) in [5.74, 6) is 2.42. The van der Waals surface area contributed by atoms with Gasteiger partial charge in [0.25, 0.3) is 5.89 Å². The number of anilines is 1. The van der Waals surface area contributed by atoms with Gasteiger partial charge in [-0.2, -0.15) is 4.98 Å². The summed E-state index contributed by atoms with van der Waals surface area (Å²) in [5, 5.41) is 4.04. The Labute approximate surface area is 155 Å². The molecule has 3 rings (SSSR count). The van der Waals surface area contributed by atoms with Gasteiger partial charge < -0.3 is 14.2 Å². The minimum atomic E-state index is 0.245. The number of aromatic nitrogens is 3. The molecule has 1 aliphatic heterocycles. The van der Waals surface area contributed by atoms with Gasteiger partial charge in [0, 0.05) is 50.9 Å². The average Bonchev–Trinajstić information content (AvgIpc) is 3.09. The van der Waals surface area contributed by atoms with E-state index in [0.717, 1.165) is 43.4 Å². The number of hydrogen-bond donors (Lipinski definition) is 0. The van der Waals surface area contributed by atoms with Crippen LogP contribution in [0.3, 0.4) is 0 Å². The van der Waals surface area contributed by atoms with Crippen LogP contribution >= 0.6 is 0 Å². The third-order valence-corrected chi connectivity index (χ3v) is 4.59. The van der Waals surface area contributed by atoms with Gasteiger partial charge in [-0.15, -0.1) is 0 Å². The number of nitrogens with zero attached hydrogens (tertiary/aromatic N) is 5. The van der Waals surface area contributed by atoms with Crippen LogP contribution < -0.4 is 4.90 Å². The Balaban J connectivity index is 1.63. The third-order valence-electron chi connectivity index (χ3n) is 4.59. The summed E-state index contributed by atoms with van der Waals surface area (Å²) in [6.45, 7) is 12.2. The smallest absolute Gasteiger partial charge is 0.258 e. The second-order valence-electron chi connectivity index (χ2n) is 7.45. The molecule has 7 heteroatoms. The lowest BCUT2D eigenvalue weighted by Crippen LogP contribution is -2.47. The third kappa shape index (κ3) is 4.59. The molecular formula is C19H29N5O2. The lowest BCUT2D eigenvalue weighted by molar-refractivity contribution is -0.0670. The molecule has 2 aromatic heterocycles. The molecule has 0 amide bonds. The summed E-state index contributed by atoms with van der Waals surface area (Å²) in [6.07, 6.45) is 2.37. The van der Waals surface area contributed by atoms with Crippen LogP contribution in [0.4, 0.5) is 5.82 Å². The van der Waals surface area contributed by atoms with E-state index in [2.05, 4.69) is 45.8 Å².